The number of ether oxygens (including phenoxy) is 1. The number of rotatable bonds is 3. The number of benzene rings is 1. The Morgan fingerprint density at radius 3 is 2.80 bits per heavy atom. The quantitative estimate of drug-likeness (QED) is 0.873. The zero-order chi connectivity index (χ0) is 14.7. The normalized spacial score (nSPS) is 11.8. The van der Waals surface area contributed by atoms with Gasteiger partial charge in [0.15, 0.2) is 5.43 Å². The molecule has 1 aromatic carbocycles. The minimum absolute atomic E-state index is 0.0589. The van der Waals surface area contributed by atoms with E-state index in [2.05, 4.69) is 4.99 Å². The monoisotopic (exact) mass is 273 g/mol. The maximum absolute atomic E-state index is 12.1. The van der Waals surface area contributed by atoms with Crippen molar-refractivity contribution in [1.29, 1.82) is 0 Å². The fraction of sp³-hybridized carbons (Fsp3) is 0.200. The van der Waals surface area contributed by atoms with Crippen LogP contribution in [0.3, 0.4) is 0 Å². The van der Waals surface area contributed by atoms with Gasteiger partial charge in [-0.25, -0.2) is 0 Å². The van der Waals surface area contributed by atoms with E-state index in [1.807, 2.05) is 6.92 Å². The van der Waals surface area contributed by atoms with Gasteiger partial charge in [0.25, 0.3) is 0 Å². The Morgan fingerprint density at radius 1 is 1.40 bits per heavy atom. The average Bonchev–Trinajstić information content (AvgIpc) is 2.39. The number of nitrogens with zero attached hydrogens (tertiary/aromatic N) is 1. The molecular weight excluding hydrogens is 258 g/mol. The van der Waals surface area contributed by atoms with E-state index in [-0.39, 0.29) is 27.9 Å². The summed E-state index contributed by atoms with van der Waals surface area (Å²) in [6.45, 7) is 3.50. The molecule has 20 heavy (non-hydrogen) atoms. The van der Waals surface area contributed by atoms with Gasteiger partial charge in [-0.2, -0.15) is 0 Å². The Labute approximate surface area is 115 Å². The van der Waals surface area contributed by atoms with E-state index in [1.165, 1.54) is 25.5 Å². The summed E-state index contributed by atoms with van der Waals surface area (Å²) in [7, 11) is 1.43. The van der Waals surface area contributed by atoms with Crippen LogP contribution in [0.2, 0.25) is 0 Å². The van der Waals surface area contributed by atoms with Crippen molar-refractivity contribution in [1.82, 2.24) is 0 Å². The molecule has 1 N–H and O–H groups in total. The lowest BCUT2D eigenvalue weighted by atomic mass is 10.1. The maximum Gasteiger partial charge on any atom is 0.196 e. The molecule has 1 heterocycles. The molecule has 5 nitrogen and oxygen atoms in total. The molecule has 0 radical (unpaired) electrons. The highest BCUT2D eigenvalue weighted by atomic mass is 16.5. The highest BCUT2D eigenvalue weighted by Gasteiger charge is 2.16. The fourth-order valence-electron chi connectivity index (χ4n) is 1.95. The molecule has 0 saturated carbocycles. The van der Waals surface area contributed by atoms with E-state index in [0.717, 1.165) is 0 Å². The molecule has 0 amide bonds. The molecule has 0 atom stereocenters. The topological polar surface area (TPSA) is 72.0 Å². The minimum atomic E-state index is -0.221. The lowest BCUT2D eigenvalue weighted by Crippen LogP contribution is -2.05. The van der Waals surface area contributed by atoms with Crippen molar-refractivity contribution in [3.63, 3.8) is 0 Å². The van der Waals surface area contributed by atoms with E-state index in [9.17, 15) is 9.90 Å². The summed E-state index contributed by atoms with van der Waals surface area (Å²) in [4.78, 5) is 16.1. The van der Waals surface area contributed by atoms with Gasteiger partial charge in [0.1, 0.15) is 28.2 Å². The van der Waals surface area contributed by atoms with Crippen LogP contribution in [0.4, 0.5) is 0 Å². The number of hydrogen-bond donors (Lipinski definition) is 1. The van der Waals surface area contributed by atoms with E-state index < -0.39 is 0 Å². The van der Waals surface area contributed by atoms with Gasteiger partial charge >= 0.3 is 0 Å². The lowest BCUT2D eigenvalue weighted by molar-refractivity contribution is 0.410. The SMILES string of the molecule is C/C=C/N=Cc1c(O)cc2oc(C)cc(=O)c2c1OC. The molecule has 0 fully saturated rings. The van der Waals surface area contributed by atoms with Gasteiger partial charge in [0.2, 0.25) is 0 Å². The summed E-state index contributed by atoms with van der Waals surface area (Å²) in [6, 6.07) is 2.78. The van der Waals surface area contributed by atoms with Crippen LogP contribution < -0.4 is 10.2 Å². The number of methoxy groups -OCH3 is 1. The first kappa shape index (κ1) is 13.9. The van der Waals surface area contributed by atoms with Gasteiger partial charge in [-0.15, -0.1) is 0 Å². The molecule has 104 valence electrons. The van der Waals surface area contributed by atoms with E-state index in [0.29, 0.717) is 11.3 Å². The highest BCUT2D eigenvalue weighted by Crippen LogP contribution is 2.33. The van der Waals surface area contributed by atoms with Crippen molar-refractivity contribution in [2.24, 2.45) is 4.99 Å². The second-order valence-corrected chi connectivity index (χ2v) is 4.20. The number of allylic oxidation sites excluding steroid dienone is 1. The second-order valence-electron chi connectivity index (χ2n) is 4.20. The third-order valence-corrected chi connectivity index (χ3v) is 2.76. The zero-order valence-corrected chi connectivity index (χ0v) is 11.5. The molecule has 0 aliphatic carbocycles. The first-order valence-corrected chi connectivity index (χ1v) is 6.07. The lowest BCUT2D eigenvalue weighted by Gasteiger charge is -2.10. The average molecular weight is 273 g/mol. The number of phenols is 1. The van der Waals surface area contributed by atoms with Crippen molar-refractivity contribution in [3.8, 4) is 11.5 Å². The van der Waals surface area contributed by atoms with Gasteiger partial charge in [0, 0.05) is 24.5 Å². The molecule has 5 heteroatoms. The molecule has 0 saturated heterocycles. The number of aryl methyl sites for hydroxylation is 1. The first-order chi connectivity index (χ1) is 9.58. The summed E-state index contributed by atoms with van der Waals surface area (Å²) < 4.78 is 10.7. The van der Waals surface area contributed by atoms with Gasteiger partial charge in [-0.3, -0.25) is 9.79 Å². The second kappa shape index (κ2) is 5.61. The smallest absolute Gasteiger partial charge is 0.196 e. The van der Waals surface area contributed by atoms with Crippen LogP contribution in [-0.2, 0) is 0 Å². The summed E-state index contributed by atoms with van der Waals surface area (Å²) >= 11 is 0. The Bertz CT molecular complexity index is 757. The molecule has 0 aliphatic rings. The van der Waals surface area contributed by atoms with Crippen molar-refractivity contribution in [3.05, 3.63) is 46.0 Å². The van der Waals surface area contributed by atoms with Crippen LogP contribution in [0.25, 0.3) is 11.0 Å². The van der Waals surface area contributed by atoms with Gasteiger partial charge in [-0.1, -0.05) is 6.08 Å². The number of fused-ring (bicyclic) bond motifs is 1. The van der Waals surface area contributed by atoms with Crippen LogP contribution in [0.5, 0.6) is 11.5 Å². The van der Waals surface area contributed by atoms with Gasteiger partial charge in [-0.05, 0) is 13.8 Å². The summed E-state index contributed by atoms with van der Waals surface area (Å²) in [5.41, 5.74) is 0.406. The highest BCUT2D eigenvalue weighted by molar-refractivity contribution is 5.98. The Balaban J connectivity index is 2.83. The van der Waals surface area contributed by atoms with E-state index in [4.69, 9.17) is 9.15 Å². The number of aliphatic imine (C=N–C) groups is 1. The third kappa shape index (κ3) is 2.42. The molecule has 0 bridgehead atoms. The first-order valence-electron chi connectivity index (χ1n) is 6.07. The minimum Gasteiger partial charge on any atom is -0.507 e. The predicted molar refractivity (Wildman–Crippen MR) is 77.8 cm³/mol. The third-order valence-electron chi connectivity index (χ3n) is 2.76. The van der Waals surface area contributed by atoms with Crippen molar-refractivity contribution in [2.45, 2.75) is 13.8 Å². The van der Waals surface area contributed by atoms with Crippen LogP contribution in [0.1, 0.15) is 18.2 Å². The van der Waals surface area contributed by atoms with Crippen molar-refractivity contribution >= 4 is 17.2 Å². The van der Waals surface area contributed by atoms with Crippen molar-refractivity contribution in [2.75, 3.05) is 7.11 Å². The number of hydrogen-bond acceptors (Lipinski definition) is 5. The summed E-state index contributed by atoms with van der Waals surface area (Å²) in [6.07, 6.45) is 4.76. The van der Waals surface area contributed by atoms with Crippen LogP contribution >= 0.6 is 0 Å². The van der Waals surface area contributed by atoms with Gasteiger partial charge in [0.05, 0.1) is 12.7 Å². The van der Waals surface area contributed by atoms with Crippen LogP contribution in [-0.4, -0.2) is 18.4 Å². The molecular formula is C15H15NO4. The predicted octanol–water partition coefficient (Wildman–Crippen LogP) is 2.77. The largest absolute Gasteiger partial charge is 0.507 e. The maximum atomic E-state index is 12.1. The van der Waals surface area contributed by atoms with Crippen LogP contribution in [0, 0.1) is 6.92 Å². The molecule has 2 aromatic rings. The fourth-order valence-corrected chi connectivity index (χ4v) is 1.95. The molecule has 0 spiro atoms. The van der Waals surface area contributed by atoms with E-state index in [1.54, 1.807) is 19.2 Å². The Kier molecular flexibility index (Phi) is 3.89. The molecule has 0 unspecified atom stereocenters. The Morgan fingerprint density at radius 2 is 2.15 bits per heavy atom. The standard InChI is InChI=1S/C15H15NO4/c1-4-5-16-8-10-11(17)7-13-14(15(10)19-3)12(18)6-9(2)20-13/h4-8,17H,1-3H3/b5-4+,16-8?. The number of phenolic OH excluding ortho intramolecular Hbond substituents is 1. The molecule has 2 rings (SSSR count). The van der Waals surface area contributed by atoms with Crippen molar-refractivity contribution < 1.29 is 14.3 Å². The van der Waals surface area contributed by atoms with Gasteiger partial charge < -0.3 is 14.3 Å². The summed E-state index contributed by atoms with van der Waals surface area (Å²) in [5.74, 6) is 0.664. The number of aromatic hydroxyl groups is 1. The summed E-state index contributed by atoms with van der Waals surface area (Å²) in [5, 5.41) is 10.3. The molecule has 0 aliphatic heterocycles. The zero-order valence-electron chi connectivity index (χ0n) is 11.5. The van der Waals surface area contributed by atoms with E-state index >= 15 is 0 Å². The van der Waals surface area contributed by atoms with Crippen LogP contribution in [0.15, 0.2) is 38.6 Å². The Hall–Kier alpha value is -2.56. The molecule has 1 aromatic heterocycles.